The molecule has 0 unspecified atom stereocenters. The summed E-state index contributed by atoms with van der Waals surface area (Å²) in [5.41, 5.74) is 7.41. The lowest BCUT2D eigenvalue weighted by atomic mass is 10.0. The highest BCUT2D eigenvalue weighted by Crippen LogP contribution is 2.34. The van der Waals surface area contributed by atoms with Crippen molar-refractivity contribution in [2.45, 2.75) is 26.2 Å². The number of nitrogens with one attached hydrogen (secondary N) is 1. The molecule has 1 aromatic heterocycles. The quantitative estimate of drug-likeness (QED) is 0.717. The molecule has 4 nitrogen and oxygen atoms in total. The maximum absolute atomic E-state index is 5.08. The zero-order valence-corrected chi connectivity index (χ0v) is 17.3. The van der Waals surface area contributed by atoms with E-state index in [4.69, 9.17) is 4.98 Å². The van der Waals surface area contributed by atoms with Gasteiger partial charge in [0.1, 0.15) is 0 Å². The minimum Gasteiger partial charge on any atom is -0.371 e. The summed E-state index contributed by atoms with van der Waals surface area (Å²) in [7, 11) is 0. The van der Waals surface area contributed by atoms with Gasteiger partial charge in [0.05, 0.1) is 11.2 Å². The zero-order valence-electron chi connectivity index (χ0n) is 17.3. The molecule has 2 aliphatic heterocycles. The number of benzene rings is 2. The molecule has 0 atom stereocenters. The molecule has 5 rings (SSSR count). The van der Waals surface area contributed by atoms with Crippen LogP contribution >= 0.6 is 0 Å². The lowest BCUT2D eigenvalue weighted by Gasteiger charge is -2.29. The van der Waals surface area contributed by atoms with Crippen molar-refractivity contribution >= 4 is 22.3 Å². The third kappa shape index (κ3) is 3.69. The molecular weight excluding hydrogens is 356 g/mol. The van der Waals surface area contributed by atoms with Crippen LogP contribution in [-0.2, 0) is 6.42 Å². The van der Waals surface area contributed by atoms with Crippen molar-refractivity contribution in [3.05, 3.63) is 54.1 Å². The van der Waals surface area contributed by atoms with E-state index in [0.717, 1.165) is 56.9 Å². The number of fused-ring (bicyclic) bond motifs is 1. The van der Waals surface area contributed by atoms with E-state index in [2.05, 4.69) is 70.6 Å². The number of hydrogen-bond donors (Lipinski definition) is 1. The van der Waals surface area contributed by atoms with Crippen LogP contribution in [0.1, 0.15) is 25.3 Å². The van der Waals surface area contributed by atoms with Crippen molar-refractivity contribution in [3.8, 4) is 11.3 Å². The van der Waals surface area contributed by atoms with Gasteiger partial charge in [-0.2, -0.15) is 0 Å². The number of aryl methyl sites for hydroxylation is 1. The number of nitrogens with zero attached hydrogens (tertiary/aromatic N) is 3. The Bertz CT molecular complexity index is 984. The second kappa shape index (κ2) is 8.03. The molecule has 0 radical (unpaired) electrons. The van der Waals surface area contributed by atoms with E-state index in [9.17, 15) is 0 Å². The SMILES string of the molecule is CCc1ccc2c(N3CCCC3)cc(-c3ccc(N4CCNCC4)cc3)nc2c1. The molecule has 3 heterocycles. The van der Waals surface area contributed by atoms with E-state index in [1.807, 2.05) is 0 Å². The molecule has 0 amide bonds. The minimum absolute atomic E-state index is 1.04. The van der Waals surface area contributed by atoms with Crippen LogP contribution in [0.4, 0.5) is 11.4 Å². The molecule has 3 aromatic rings. The van der Waals surface area contributed by atoms with Gasteiger partial charge in [-0.15, -0.1) is 0 Å². The van der Waals surface area contributed by atoms with Gasteiger partial charge in [0.2, 0.25) is 0 Å². The van der Waals surface area contributed by atoms with Crippen LogP contribution in [0.25, 0.3) is 22.2 Å². The molecule has 2 aliphatic rings. The molecular formula is C25H30N4. The second-order valence-electron chi connectivity index (χ2n) is 8.21. The summed E-state index contributed by atoms with van der Waals surface area (Å²) in [6.45, 7) is 8.78. The lowest BCUT2D eigenvalue weighted by Crippen LogP contribution is -2.43. The van der Waals surface area contributed by atoms with Gasteiger partial charge in [-0.3, -0.25) is 0 Å². The minimum atomic E-state index is 1.04. The monoisotopic (exact) mass is 386 g/mol. The highest BCUT2D eigenvalue weighted by molar-refractivity contribution is 5.94. The van der Waals surface area contributed by atoms with Crippen LogP contribution in [0.15, 0.2) is 48.5 Å². The molecule has 0 spiro atoms. The highest BCUT2D eigenvalue weighted by Gasteiger charge is 2.18. The smallest absolute Gasteiger partial charge is 0.0733 e. The Morgan fingerprint density at radius 2 is 1.62 bits per heavy atom. The number of rotatable bonds is 4. The fourth-order valence-corrected chi connectivity index (χ4v) is 4.61. The van der Waals surface area contributed by atoms with Gasteiger partial charge in [0.25, 0.3) is 0 Å². The summed E-state index contributed by atoms with van der Waals surface area (Å²) in [4.78, 5) is 10.1. The maximum atomic E-state index is 5.08. The van der Waals surface area contributed by atoms with Gasteiger partial charge in [-0.1, -0.05) is 31.2 Å². The maximum Gasteiger partial charge on any atom is 0.0733 e. The molecule has 1 N–H and O–H groups in total. The first-order chi connectivity index (χ1) is 14.3. The van der Waals surface area contributed by atoms with Crippen molar-refractivity contribution in [2.24, 2.45) is 0 Å². The van der Waals surface area contributed by atoms with Crippen molar-refractivity contribution < 1.29 is 0 Å². The second-order valence-corrected chi connectivity index (χ2v) is 8.21. The van der Waals surface area contributed by atoms with Gasteiger partial charge < -0.3 is 15.1 Å². The molecule has 2 fully saturated rings. The highest BCUT2D eigenvalue weighted by atomic mass is 15.2. The number of piperazine rings is 1. The van der Waals surface area contributed by atoms with E-state index < -0.39 is 0 Å². The van der Waals surface area contributed by atoms with Crippen LogP contribution in [0, 0.1) is 0 Å². The Hall–Kier alpha value is -2.59. The van der Waals surface area contributed by atoms with Gasteiger partial charge >= 0.3 is 0 Å². The summed E-state index contributed by atoms with van der Waals surface area (Å²) < 4.78 is 0. The van der Waals surface area contributed by atoms with Crippen molar-refractivity contribution in [1.82, 2.24) is 10.3 Å². The number of pyridine rings is 1. The standard InChI is InChI=1S/C25H30N4/c1-2-19-5-10-22-24(17-19)27-23(18-25(22)29-13-3-4-14-29)20-6-8-21(9-7-20)28-15-11-26-12-16-28/h5-10,17-18,26H,2-4,11-16H2,1H3. The van der Waals surface area contributed by atoms with Crippen molar-refractivity contribution in [1.29, 1.82) is 0 Å². The molecule has 150 valence electrons. The van der Waals surface area contributed by atoms with Crippen molar-refractivity contribution in [2.75, 3.05) is 49.1 Å². The first-order valence-electron chi connectivity index (χ1n) is 11.1. The average molecular weight is 387 g/mol. The van der Waals surface area contributed by atoms with E-state index in [-0.39, 0.29) is 0 Å². The average Bonchev–Trinajstić information content (AvgIpc) is 3.33. The Kier molecular flexibility index (Phi) is 5.11. The summed E-state index contributed by atoms with van der Waals surface area (Å²) in [5, 5.41) is 4.71. The third-order valence-electron chi connectivity index (χ3n) is 6.35. The lowest BCUT2D eigenvalue weighted by molar-refractivity contribution is 0.589. The number of aromatic nitrogens is 1. The molecule has 2 saturated heterocycles. The van der Waals surface area contributed by atoms with Crippen LogP contribution in [0.2, 0.25) is 0 Å². The largest absolute Gasteiger partial charge is 0.371 e. The van der Waals surface area contributed by atoms with E-state index >= 15 is 0 Å². The van der Waals surface area contributed by atoms with E-state index in [0.29, 0.717) is 0 Å². The summed E-state index contributed by atoms with van der Waals surface area (Å²) in [6.07, 6.45) is 3.61. The fourth-order valence-electron chi connectivity index (χ4n) is 4.61. The van der Waals surface area contributed by atoms with Gasteiger partial charge in [0, 0.05) is 61.6 Å². The third-order valence-corrected chi connectivity index (χ3v) is 6.35. The van der Waals surface area contributed by atoms with Gasteiger partial charge in [-0.25, -0.2) is 4.98 Å². The Balaban J connectivity index is 1.54. The van der Waals surface area contributed by atoms with E-state index in [1.165, 1.54) is 40.7 Å². The Morgan fingerprint density at radius 3 is 2.34 bits per heavy atom. The molecule has 0 aliphatic carbocycles. The van der Waals surface area contributed by atoms with Gasteiger partial charge in [-0.05, 0) is 49.1 Å². The topological polar surface area (TPSA) is 31.4 Å². The van der Waals surface area contributed by atoms with Crippen molar-refractivity contribution in [3.63, 3.8) is 0 Å². The summed E-state index contributed by atoms with van der Waals surface area (Å²) >= 11 is 0. The number of anilines is 2. The summed E-state index contributed by atoms with van der Waals surface area (Å²) in [6, 6.07) is 18.1. The molecule has 2 aromatic carbocycles. The normalized spacial score (nSPS) is 17.3. The molecule has 0 bridgehead atoms. The van der Waals surface area contributed by atoms with Crippen LogP contribution in [0.3, 0.4) is 0 Å². The fraction of sp³-hybridized carbons (Fsp3) is 0.400. The molecule has 4 heteroatoms. The first-order valence-corrected chi connectivity index (χ1v) is 11.1. The van der Waals surface area contributed by atoms with E-state index in [1.54, 1.807) is 0 Å². The summed E-state index contributed by atoms with van der Waals surface area (Å²) in [5.74, 6) is 0. The predicted molar refractivity (Wildman–Crippen MR) is 123 cm³/mol. The Morgan fingerprint density at radius 1 is 0.862 bits per heavy atom. The zero-order chi connectivity index (χ0) is 19.6. The molecule has 29 heavy (non-hydrogen) atoms. The predicted octanol–water partition coefficient (Wildman–Crippen LogP) is 4.47. The van der Waals surface area contributed by atoms with Crippen LogP contribution in [-0.4, -0.2) is 44.3 Å². The Labute approximate surface area is 173 Å². The van der Waals surface area contributed by atoms with Crippen LogP contribution in [0.5, 0.6) is 0 Å². The van der Waals surface area contributed by atoms with Gasteiger partial charge in [0.15, 0.2) is 0 Å². The number of hydrogen-bond acceptors (Lipinski definition) is 4. The molecule has 0 saturated carbocycles. The first kappa shape index (κ1) is 18.4. The van der Waals surface area contributed by atoms with Crippen LogP contribution < -0.4 is 15.1 Å².